The van der Waals surface area contributed by atoms with E-state index in [4.69, 9.17) is 4.74 Å². The van der Waals surface area contributed by atoms with Crippen LogP contribution >= 0.6 is 0 Å². The molecule has 1 amide bonds. The Hall–Kier alpha value is -1.62. The lowest BCUT2D eigenvalue weighted by Crippen LogP contribution is -2.29. The Morgan fingerprint density at radius 2 is 2.22 bits per heavy atom. The van der Waals surface area contributed by atoms with Gasteiger partial charge in [0.2, 0.25) is 0 Å². The number of rotatable bonds is 6. The summed E-state index contributed by atoms with van der Waals surface area (Å²) in [4.78, 5) is 23.0. The Balaban J connectivity index is 2.36. The van der Waals surface area contributed by atoms with E-state index in [2.05, 4.69) is 19.2 Å². The van der Waals surface area contributed by atoms with Crippen LogP contribution < -0.4 is 10.9 Å². The second-order valence-corrected chi connectivity index (χ2v) is 4.59. The van der Waals surface area contributed by atoms with E-state index in [1.165, 1.54) is 10.6 Å². The van der Waals surface area contributed by atoms with Crippen LogP contribution in [0.15, 0.2) is 23.1 Å². The fourth-order valence-corrected chi connectivity index (χ4v) is 1.35. The minimum absolute atomic E-state index is 0.196. The van der Waals surface area contributed by atoms with Gasteiger partial charge in [0, 0.05) is 38.0 Å². The average molecular weight is 252 g/mol. The number of amides is 1. The number of ether oxygens (including phenoxy) is 1. The van der Waals surface area contributed by atoms with Gasteiger partial charge in [0.15, 0.2) is 0 Å². The molecule has 0 atom stereocenters. The molecule has 0 saturated heterocycles. The van der Waals surface area contributed by atoms with Crippen molar-refractivity contribution in [1.29, 1.82) is 0 Å². The zero-order chi connectivity index (χ0) is 13.5. The van der Waals surface area contributed by atoms with Crippen molar-refractivity contribution >= 4 is 5.91 Å². The van der Waals surface area contributed by atoms with Crippen LogP contribution in [0.1, 0.15) is 24.2 Å². The van der Waals surface area contributed by atoms with Crippen molar-refractivity contribution in [3.63, 3.8) is 0 Å². The number of aromatic nitrogens is 1. The number of hydrogen-bond donors (Lipinski definition) is 1. The van der Waals surface area contributed by atoms with Crippen LogP contribution in [0.3, 0.4) is 0 Å². The van der Waals surface area contributed by atoms with Crippen LogP contribution in [0.25, 0.3) is 0 Å². The average Bonchev–Trinajstić information content (AvgIpc) is 2.31. The van der Waals surface area contributed by atoms with E-state index in [0.29, 0.717) is 31.2 Å². The fourth-order valence-electron chi connectivity index (χ4n) is 1.35. The molecule has 0 aliphatic carbocycles. The van der Waals surface area contributed by atoms with Crippen molar-refractivity contribution < 1.29 is 9.53 Å². The van der Waals surface area contributed by atoms with Gasteiger partial charge in [-0.25, -0.2) is 0 Å². The lowest BCUT2D eigenvalue weighted by Gasteiger charge is -2.08. The Bertz CT molecular complexity index is 452. The van der Waals surface area contributed by atoms with E-state index in [0.717, 1.165) is 0 Å². The zero-order valence-electron chi connectivity index (χ0n) is 11.1. The molecular weight excluding hydrogens is 232 g/mol. The molecule has 1 rings (SSSR count). The molecule has 0 bridgehead atoms. The van der Waals surface area contributed by atoms with Crippen molar-refractivity contribution in [2.75, 3.05) is 19.8 Å². The molecule has 1 N–H and O–H groups in total. The Morgan fingerprint density at radius 3 is 2.83 bits per heavy atom. The second-order valence-electron chi connectivity index (χ2n) is 4.59. The van der Waals surface area contributed by atoms with Gasteiger partial charge in [-0.3, -0.25) is 9.59 Å². The second kappa shape index (κ2) is 6.96. The van der Waals surface area contributed by atoms with Crippen LogP contribution in [0.4, 0.5) is 0 Å². The number of aryl methyl sites for hydroxylation is 1. The maximum absolute atomic E-state index is 11.7. The third-order valence-corrected chi connectivity index (χ3v) is 2.35. The fraction of sp³-hybridized carbons (Fsp3) is 0.538. The SMILES string of the molecule is CC(C)COCCNC(=O)c1ccn(C)c(=O)c1. The quantitative estimate of drug-likeness (QED) is 0.761. The van der Waals surface area contributed by atoms with E-state index in [1.807, 2.05) is 0 Å². The van der Waals surface area contributed by atoms with Crippen LogP contribution in [-0.4, -0.2) is 30.2 Å². The van der Waals surface area contributed by atoms with Gasteiger partial charge in [0.25, 0.3) is 11.5 Å². The molecule has 0 saturated carbocycles. The van der Waals surface area contributed by atoms with Crippen LogP contribution in [0.5, 0.6) is 0 Å². The van der Waals surface area contributed by atoms with Gasteiger partial charge in [-0.2, -0.15) is 0 Å². The Morgan fingerprint density at radius 1 is 1.50 bits per heavy atom. The predicted octanol–water partition coefficient (Wildman–Crippen LogP) is 0.788. The maximum Gasteiger partial charge on any atom is 0.251 e. The van der Waals surface area contributed by atoms with Crippen LogP contribution in [0, 0.1) is 5.92 Å². The molecule has 100 valence electrons. The third-order valence-electron chi connectivity index (χ3n) is 2.35. The molecule has 0 aliphatic rings. The van der Waals surface area contributed by atoms with Crippen LogP contribution in [-0.2, 0) is 11.8 Å². The third kappa shape index (κ3) is 4.71. The summed E-state index contributed by atoms with van der Waals surface area (Å²) in [5.41, 5.74) is 0.181. The first-order valence-electron chi connectivity index (χ1n) is 6.03. The summed E-state index contributed by atoms with van der Waals surface area (Å²) in [6.07, 6.45) is 1.58. The highest BCUT2D eigenvalue weighted by Gasteiger charge is 2.05. The highest BCUT2D eigenvalue weighted by molar-refractivity contribution is 5.93. The molecule has 0 fully saturated rings. The molecule has 5 nitrogen and oxygen atoms in total. The first-order chi connectivity index (χ1) is 8.50. The Labute approximate surface area is 107 Å². The van der Waals surface area contributed by atoms with Crippen molar-refractivity contribution in [2.45, 2.75) is 13.8 Å². The summed E-state index contributed by atoms with van der Waals surface area (Å²) in [5.74, 6) is 0.235. The van der Waals surface area contributed by atoms with Gasteiger partial charge in [-0.1, -0.05) is 13.8 Å². The van der Waals surface area contributed by atoms with E-state index in [-0.39, 0.29) is 11.5 Å². The summed E-state index contributed by atoms with van der Waals surface area (Å²) >= 11 is 0. The van der Waals surface area contributed by atoms with Gasteiger partial charge in [0.1, 0.15) is 0 Å². The molecule has 0 aromatic carbocycles. The summed E-state index contributed by atoms with van der Waals surface area (Å²) < 4.78 is 6.76. The van der Waals surface area contributed by atoms with Crippen molar-refractivity contribution in [1.82, 2.24) is 9.88 Å². The first kappa shape index (κ1) is 14.4. The minimum atomic E-state index is -0.249. The summed E-state index contributed by atoms with van der Waals surface area (Å²) in [7, 11) is 1.64. The monoisotopic (exact) mass is 252 g/mol. The number of nitrogens with zero attached hydrogens (tertiary/aromatic N) is 1. The highest BCUT2D eigenvalue weighted by Crippen LogP contribution is 1.94. The summed E-state index contributed by atoms with van der Waals surface area (Å²) in [6, 6.07) is 2.94. The van der Waals surface area contributed by atoms with Gasteiger partial charge < -0.3 is 14.6 Å². The topological polar surface area (TPSA) is 60.3 Å². The highest BCUT2D eigenvalue weighted by atomic mass is 16.5. The largest absolute Gasteiger partial charge is 0.379 e. The first-order valence-corrected chi connectivity index (χ1v) is 6.03. The number of pyridine rings is 1. The molecule has 0 aliphatic heterocycles. The van der Waals surface area contributed by atoms with Gasteiger partial charge in [0.05, 0.1) is 6.61 Å². The maximum atomic E-state index is 11.7. The minimum Gasteiger partial charge on any atom is -0.379 e. The molecule has 5 heteroatoms. The van der Waals surface area contributed by atoms with Crippen molar-refractivity contribution in [3.8, 4) is 0 Å². The molecule has 1 aromatic heterocycles. The molecule has 18 heavy (non-hydrogen) atoms. The zero-order valence-corrected chi connectivity index (χ0v) is 11.1. The number of carbonyl (C=O) groups is 1. The van der Waals surface area contributed by atoms with E-state index in [9.17, 15) is 9.59 Å². The number of carbonyl (C=O) groups excluding carboxylic acids is 1. The van der Waals surface area contributed by atoms with Gasteiger partial charge in [-0.05, 0) is 12.0 Å². The lowest BCUT2D eigenvalue weighted by molar-refractivity contribution is 0.0886. The Kier molecular flexibility index (Phi) is 5.58. The predicted molar refractivity (Wildman–Crippen MR) is 69.7 cm³/mol. The van der Waals surface area contributed by atoms with Crippen molar-refractivity contribution in [3.05, 3.63) is 34.2 Å². The molecule has 0 spiro atoms. The van der Waals surface area contributed by atoms with Crippen LogP contribution in [0.2, 0.25) is 0 Å². The lowest BCUT2D eigenvalue weighted by atomic mass is 10.2. The van der Waals surface area contributed by atoms with E-state index < -0.39 is 0 Å². The molecule has 1 heterocycles. The van der Waals surface area contributed by atoms with Gasteiger partial charge in [-0.15, -0.1) is 0 Å². The van der Waals surface area contributed by atoms with Gasteiger partial charge >= 0.3 is 0 Å². The molecular formula is C13H20N2O3. The summed E-state index contributed by atoms with van der Waals surface area (Å²) in [6.45, 7) is 5.74. The van der Waals surface area contributed by atoms with E-state index >= 15 is 0 Å². The molecule has 1 aromatic rings. The number of hydrogen-bond acceptors (Lipinski definition) is 3. The number of nitrogens with one attached hydrogen (secondary N) is 1. The van der Waals surface area contributed by atoms with E-state index in [1.54, 1.807) is 19.3 Å². The van der Waals surface area contributed by atoms with Crippen molar-refractivity contribution in [2.24, 2.45) is 13.0 Å². The standard InChI is InChI=1S/C13H20N2O3/c1-10(2)9-18-7-5-14-13(17)11-4-6-15(3)12(16)8-11/h4,6,8,10H,5,7,9H2,1-3H3,(H,14,17). The summed E-state index contributed by atoms with van der Waals surface area (Å²) in [5, 5.41) is 2.71. The normalized spacial score (nSPS) is 10.7. The molecule has 0 radical (unpaired) electrons. The molecule has 0 unspecified atom stereocenters. The smallest absolute Gasteiger partial charge is 0.251 e.